The van der Waals surface area contributed by atoms with Gasteiger partial charge in [-0.15, -0.1) is 0 Å². The van der Waals surface area contributed by atoms with E-state index in [0.717, 1.165) is 0 Å². The number of carboxylic acids is 1. The highest BCUT2D eigenvalue weighted by Crippen LogP contribution is 2.22. The molecule has 0 amide bonds. The van der Waals surface area contributed by atoms with Crippen LogP contribution in [0.5, 0.6) is 0 Å². The van der Waals surface area contributed by atoms with E-state index < -0.39 is 17.4 Å². The van der Waals surface area contributed by atoms with E-state index in [1.165, 1.54) is 13.8 Å². The largest absolute Gasteiger partial charge is 0.481 e. The second-order valence-electron chi connectivity index (χ2n) is 3.02. The molecule has 0 bridgehead atoms. The molecule has 0 aliphatic carbocycles. The molecule has 1 N–H and O–H groups in total. The number of thiocarbonyl (C=S) groups is 1. The summed E-state index contributed by atoms with van der Waals surface area (Å²) in [5, 5.41) is 13.3. The highest BCUT2D eigenvalue weighted by atomic mass is 32.1. The minimum Gasteiger partial charge on any atom is -0.481 e. The van der Waals surface area contributed by atoms with E-state index >= 15 is 0 Å². The maximum Gasteiger partial charge on any atom is 0.342 e. The molecule has 0 aromatic carbocycles. The van der Waals surface area contributed by atoms with Gasteiger partial charge in [-0.25, -0.2) is 4.79 Å². The number of aliphatic carboxylic acids is 1. The first-order valence-corrected chi connectivity index (χ1v) is 3.81. The quantitative estimate of drug-likeness (QED) is 0.320. The number of rotatable bonds is 4. The molecule has 5 nitrogen and oxygen atoms in total. The van der Waals surface area contributed by atoms with Gasteiger partial charge in [0.25, 0.3) is 0 Å². The van der Waals surface area contributed by atoms with Gasteiger partial charge >= 0.3 is 11.9 Å². The van der Waals surface area contributed by atoms with Crippen LogP contribution in [0.15, 0.2) is 5.16 Å². The summed E-state index contributed by atoms with van der Waals surface area (Å²) in [4.78, 5) is 25.7. The van der Waals surface area contributed by atoms with Crippen molar-refractivity contribution in [3.8, 4) is 0 Å². The van der Waals surface area contributed by atoms with Crippen LogP contribution in [0.1, 0.15) is 20.3 Å². The molecule has 0 rings (SSSR count). The Bertz CT molecular complexity index is 268. The second-order valence-corrected chi connectivity index (χ2v) is 3.20. The minimum absolute atomic E-state index is 0.321. The summed E-state index contributed by atoms with van der Waals surface area (Å²) in [6, 6.07) is 0. The van der Waals surface area contributed by atoms with Gasteiger partial charge < -0.3 is 9.94 Å². The molecule has 0 saturated heterocycles. The summed E-state index contributed by atoms with van der Waals surface area (Å²) < 4.78 is 0. The van der Waals surface area contributed by atoms with Crippen LogP contribution >= 0.6 is 12.2 Å². The highest BCUT2D eigenvalue weighted by Gasteiger charge is 2.32. The summed E-state index contributed by atoms with van der Waals surface area (Å²) in [7, 11) is 0. The summed E-state index contributed by atoms with van der Waals surface area (Å²) in [6.07, 6.45) is -0.321. The highest BCUT2D eigenvalue weighted by molar-refractivity contribution is 7.78. The van der Waals surface area contributed by atoms with Gasteiger partial charge in [0.05, 0.1) is 11.8 Å². The minimum atomic E-state index is -1.11. The summed E-state index contributed by atoms with van der Waals surface area (Å²) in [5.74, 6) is -1.82. The van der Waals surface area contributed by atoms with E-state index in [-0.39, 0.29) is 6.42 Å². The lowest BCUT2D eigenvalue weighted by atomic mass is 9.90. The van der Waals surface area contributed by atoms with Crippen molar-refractivity contribution in [2.24, 2.45) is 10.6 Å². The normalized spacial score (nSPS) is 10.0. The molecule has 0 spiro atoms. The van der Waals surface area contributed by atoms with Crippen LogP contribution in [0, 0.1) is 5.41 Å². The van der Waals surface area contributed by atoms with Crippen LogP contribution in [0.2, 0.25) is 0 Å². The number of hydrogen-bond donors (Lipinski definition) is 1. The molecule has 0 atom stereocenters. The summed E-state index contributed by atoms with van der Waals surface area (Å²) in [6.45, 7) is 2.89. The third kappa shape index (κ3) is 4.35. The van der Waals surface area contributed by atoms with Crippen LogP contribution in [0.25, 0.3) is 0 Å². The van der Waals surface area contributed by atoms with E-state index in [2.05, 4.69) is 22.2 Å². The molecule has 0 aromatic heterocycles. The molecule has 0 heterocycles. The number of hydrogen-bond acceptors (Lipinski definition) is 5. The first-order chi connectivity index (χ1) is 5.90. The number of carboxylic acid groups (broad SMARTS) is 1. The standard InChI is InChI=1S/C7H9NO4S/c1-7(2,3-5(9)10)6(11)12-8-4-13/h3H2,1-2H3,(H,9,10). The zero-order valence-corrected chi connectivity index (χ0v) is 8.05. The van der Waals surface area contributed by atoms with Gasteiger partial charge in [0.1, 0.15) is 5.16 Å². The Hall–Kier alpha value is -1.26. The first kappa shape index (κ1) is 11.7. The first-order valence-electron chi connectivity index (χ1n) is 3.40. The van der Waals surface area contributed by atoms with Crippen molar-refractivity contribution in [1.82, 2.24) is 0 Å². The topological polar surface area (TPSA) is 76.0 Å². The van der Waals surface area contributed by atoms with Gasteiger partial charge in [0.15, 0.2) is 0 Å². The van der Waals surface area contributed by atoms with Crippen LogP contribution in [-0.4, -0.2) is 22.2 Å². The van der Waals surface area contributed by atoms with Gasteiger partial charge in [0, 0.05) is 0 Å². The summed E-state index contributed by atoms with van der Waals surface area (Å²) >= 11 is 4.17. The van der Waals surface area contributed by atoms with Crippen molar-refractivity contribution in [3.05, 3.63) is 0 Å². The Kier molecular flexibility index (Phi) is 4.23. The Balaban J connectivity index is 4.34. The smallest absolute Gasteiger partial charge is 0.342 e. The van der Waals surface area contributed by atoms with Crippen LogP contribution < -0.4 is 0 Å². The second kappa shape index (κ2) is 4.69. The molecule has 0 aliphatic heterocycles. The van der Waals surface area contributed by atoms with Crippen molar-refractivity contribution >= 4 is 29.3 Å². The van der Waals surface area contributed by atoms with E-state index in [9.17, 15) is 9.59 Å². The lowest BCUT2D eigenvalue weighted by molar-refractivity contribution is -0.158. The predicted molar refractivity (Wildman–Crippen MR) is 47.2 cm³/mol. The average Bonchev–Trinajstić information content (AvgIpc) is 1.97. The number of carbonyl (C=O) groups excluding carboxylic acids is 1. The fraction of sp³-hybridized carbons (Fsp3) is 0.571. The number of carbonyl (C=O) groups is 2. The molecule has 13 heavy (non-hydrogen) atoms. The third-order valence-electron chi connectivity index (χ3n) is 1.31. The van der Waals surface area contributed by atoms with Crippen LogP contribution in [0.4, 0.5) is 0 Å². The SMILES string of the molecule is CC(C)(CC(=O)O)C(=O)ON=C=S. The van der Waals surface area contributed by atoms with E-state index in [0.29, 0.717) is 0 Å². The zero-order chi connectivity index (χ0) is 10.5. The molecule has 72 valence electrons. The molecular weight excluding hydrogens is 194 g/mol. The van der Waals surface area contributed by atoms with Crippen molar-refractivity contribution in [3.63, 3.8) is 0 Å². The molecule has 0 aromatic rings. The molecule has 0 saturated carbocycles. The van der Waals surface area contributed by atoms with E-state index in [4.69, 9.17) is 5.11 Å². The Labute approximate surface area is 80.4 Å². The summed E-state index contributed by atoms with van der Waals surface area (Å²) in [5.41, 5.74) is -1.11. The number of nitrogens with zero attached hydrogens (tertiary/aromatic N) is 1. The third-order valence-corrected chi connectivity index (χ3v) is 1.39. The molecule has 6 heteroatoms. The maximum atomic E-state index is 11.1. The van der Waals surface area contributed by atoms with Gasteiger partial charge in [-0.05, 0) is 31.2 Å². The van der Waals surface area contributed by atoms with Crippen LogP contribution in [0.3, 0.4) is 0 Å². The predicted octanol–water partition coefficient (Wildman–Crippen LogP) is 1.05. The Morgan fingerprint density at radius 2 is 2.15 bits per heavy atom. The van der Waals surface area contributed by atoms with E-state index in [1.807, 2.05) is 5.16 Å². The average molecular weight is 203 g/mol. The Morgan fingerprint density at radius 1 is 1.62 bits per heavy atom. The van der Waals surface area contributed by atoms with Crippen molar-refractivity contribution in [1.29, 1.82) is 0 Å². The monoisotopic (exact) mass is 203 g/mol. The fourth-order valence-electron chi connectivity index (χ4n) is 0.634. The molecule has 0 fully saturated rings. The van der Waals surface area contributed by atoms with Gasteiger partial charge in [-0.2, -0.15) is 0 Å². The Morgan fingerprint density at radius 3 is 2.54 bits per heavy atom. The molecule has 0 radical (unpaired) electrons. The van der Waals surface area contributed by atoms with Gasteiger partial charge in [0.2, 0.25) is 0 Å². The van der Waals surface area contributed by atoms with Crippen molar-refractivity contribution < 1.29 is 19.5 Å². The lowest BCUT2D eigenvalue weighted by Crippen LogP contribution is -2.28. The maximum absolute atomic E-state index is 11.1. The molecule has 0 unspecified atom stereocenters. The number of isothiocyanates is 1. The fourth-order valence-corrected chi connectivity index (χ4v) is 0.671. The van der Waals surface area contributed by atoms with E-state index in [1.54, 1.807) is 0 Å². The van der Waals surface area contributed by atoms with Crippen LogP contribution in [-0.2, 0) is 14.4 Å². The van der Waals surface area contributed by atoms with Gasteiger partial charge in [-0.3, -0.25) is 4.79 Å². The van der Waals surface area contributed by atoms with Crippen molar-refractivity contribution in [2.45, 2.75) is 20.3 Å². The zero-order valence-electron chi connectivity index (χ0n) is 7.23. The van der Waals surface area contributed by atoms with Gasteiger partial charge in [-0.1, -0.05) is 0 Å². The van der Waals surface area contributed by atoms with Crippen molar-refractivity contribution in [2.75, 3.05) is 0 Å². The molecular formula is C7H9NO4S. The lowest BCUT2D eigenvalue weighted by Gasteiger charge is -2.16. The molecule has 0 aliphatic rings.